The molecule has 1 aromatic rings. The summed E-state index contributed by atoms with van der Waals surface area (Å²) >= 11 is 0. The molecule has 0 spiro atoms. The van der Waals surface area contributed by atoms with Crippen LogP contribution in [0, 0.1) is 0 Å². The number of carbonyl (C=O) groups excluding carboxylic acids is 2. The smallest absolute Gasteiger partial charge is 0.260 e. The summed E-state index contributed by atoms with van der Waals surface area (Å²) in [7, 11) is 0. The van der Waals surface area contributed by atoms with Crippen molar-refractivity contribution in [2.75, 3.05) is 51.3 Å². The molecule has 3 rings (SSSR count). The van der Waals surface area contributed by atoms with Crippen LogP contribution >= 0.6 is 0 Å². The van der Waals surface area contributed by atoms with E-state index < -0.39 is 0 Å². The first-order valence-corrected chi connectivity index (χ1v) is 9.74. The maximum Gasteiger partial charge on any atom is 0.260 e. The van der Waals surface area contributed by atoms with Gasteiger partial charge in [0.05, 0.1) is 19.8 Å². The first-order chi connectivity index (χ1) is 13.1. The third kappa shape index (κ3) is 5.94. The van der Waals surface area contributed by atoms with Crippen molar-refractivity contribution >= 4 is 17.5 Å². The second kappa shape index (κ2) is 9.71. The van der Waals surface area contributed by atoms with Gasteiger partial charge in [-0.25, -0.2) is 0 Å². The van der Waals surface area contributed by atoms with Crippen molar-refractivity contribution in [3.05, 3.63) is 24.3 Å². The number of likely N-dealkylation sites (tertiary alicyclic amines) is 1. The van der Waals surface area contributed by atoms with Crippen molar-refractivity contribution in [1.29, 1.82) is 0 Å². The summed E-state index contributed by atoms with van der Waals surface area (Å²) in [5.41, 5.74) is 0.733. The molecule has 27 heavy (non-hydrogen) atoms. The summed E-state index contributed by atoms with van der Waals surface area (Å²) in [5, 5.41) is 2.93. The summed E-state index contributed by atoms with van der Waals surface area (Å²) < 4.78 is 10.8. The number of ether oxygens (including phenoxy) is 2. The monoisotopic (exact) mass is 375 g/mol. The Morgan fingerprint density at radius 1 is 1.15 bits per heavy atom. The lowest BCUT2D eigenvalue weighted by molar-refractivity contribution is -0.137. The third-order valence-electron chi connectivity index (χ3n) is 5.15. The summed E-state index contributed by atoms with van der Waals surface area (Å²) in [4.78, 5) is 28.3. The SMILES string of the molecule is CC1CCCCN1CC(=O)Nc1ccc(OCC(=O)N2CCOCC2)cc1. The fourth-order valence-corrected chi connectivity index (χ4v) is 3.46. The van der Waals surface area contributed by atoms with E-state index in [2.05, 4.69) is 17.1 Å². The number of carbonyl (C=O) groups is 2. The van der Waals surface area contributed by atoms with E-state index in [4.69, 9.17) is 9.47 Å². The van der Waals surface area contributed by atoms with E-state index in [0.29, 0.717) is 44.6 Å². The Hall–Kier alpha value is -2.12. The van der Waals surface area contributed by atoms with Gasteiger partial charge in [-0.2, -0.15) is 0 Å². The zero-order valence-electron chi connectivity index (χ0n) is 16.0. The molecule has 2 heterocycles. The molecular formula is C20H29N3O4. The van der Waals surface area contributed by atoms with Crippen molar-refractivity contribution in [3.63, 3.8) is 0 Å². The number of nitrogens with zero attached hydrogens (tertiary/aromatic N) is 2. The van der Waals surface area contributed by atoms with E-state index in [1.54, 1.807) is 29.2 Å². The number of benzene rings is 1. The first-order valence-electron chi connectivity index (χ1n) is 9.74. The zero-order valence-corrected chi connectivity index (χ0v) is 16.0. The molecule has 2 amide bonds. The molecule has 0 saturated carbocycles. The summed E-state index contributed by atoms with van der Waals surface area (Å²) in [6.45, 7) is 5.99. The number of rotatable bonds is 6. The minimum atomic E-state index is -0.0358. The minimum absolute atomic E-state index is 0.0000800. The van der Waals surface area contributed by atoms with Crippen LogP contribution in [-0.4, -0.2) is 73.7 Å². The van der Waals surface area contributed by atoms with Crippen LogP contribution in [0.3, 0.4) is 0 Å². The topological polar surface area (TPSA) is 71.1 Å². The molecule has 7 heteroatoms. The summed E-state index contributed by atoms with van der Waals surface area (Å²) in [5.74, 6) is 0.575. The van der Waals surface area contributed by atoms with Crippen molar-refractivity contribution in [3.8, 4) is 5.75 Å². The molecule has 1 atom stereocenters. The molecule has 2 fully saturated rings. The van der Waals surface area contributed by atoms with Gasteiger partial charge in [-0.05, 0) is 50.6 Å². The number of anilines is 1. The van der Waals surface area contributed by atoms with Gasteiger partial charge < -0.3 is 19.7 Å². The van der Waals surface area contributed by atoms with Crippen molar-refractivity contribution in [2.24, 2.45) is 0 Å². The normalized spacial score (nSPS) is 20.9. The molecule has 0 aliphatic carbocycles. The van der Waals surface area contributed by atoms with Crippen molar-refractivity contribution in [1.82, 2.24) is 9.80 Å². The lowest BCUT2D eigenvalue weighted by Gasteiger charge is -2.32. The number of morpholine rings is 1. The van der Waals surface area contributed by atoms with Crippen LogP contribution in [0.2, 0.25) is 0 Å². The van der Waals surface area contributed by atoms with Crippen LogP contribution in [0.25, 0.3) is 0 Å². The molecule has 1 N–H and O–H groups in total. The minimum Gasteiger partial charge on any atom is -0.484 e. The van der Waals surface area contributed by atoms with E-state index in [1.807, 2.05) is 0 Å². The number of amides is 2. The quantitative estimate of drug-likeness (QED) is 0.820. The molecule has 2 aliphatic rings. The van der Waals surface area contributed by atoms with Crippen LogP contribution in [0.15, 0.2) is 24.3 Å². The van der Waals surface area contributed by atoms with Crippen LogP contribution in [0.5, 0.6) is 5.75 Å². The number of hydrogen-bond acceptors (Lipinski definition) is 5. The Morgan fingerprint density at radius 3 is 2.59 bits per heavy atom. The Balaban J connectivity index is 1.42. The molecule has 148 valence electrons. The number of hydrogen-bond donors (Lipinski definition) is 1. The highest BCUT2D eigenvalue weighted by molar-refractivity contribution is 5.92. The fourth-order valence-electron chi connectivity index (χ4n) is 3.46. The Bertz CT molecular complexity index is 629. The van der Waals surface area contributed by atoms with Gasteiger partial charge in [0.25, 0.3) is 5.91 Å². The lowest BCUT2D eigenvalue weighted by atomic mass is 10.0. The average molecular weight is 375 g/mol. The average Bonchev–Trinajstić information content (AvgIpc) is 2.69. The first kappa shape index (κ1) is 19.6. The highest BCUT2D eigenvalue weighted by atomic mass is 16.5. The largest absolute Gasteiger partial charge is 0.484 e. The van der Waals surface area contributed by atoms with Gasteiger partial charge in [-0.1, -0.05) is 6.42 Å². The molecule has 1 unspecified atom stereocenters. The Kier molecular flexibility index (Phi) is 7.06. The Morgan fingerprint density at radius 2 is 1.89 bits per heavy atom. The van der Waals surface area contributed by atoms with Crippen LogP contribution < -0.4 is 10.1 Å². The molecular weight excluding hydrogens is 346 g/mol. The van der Waals surface area contributed by atoms with E-state index in [-0.39, 0.29) is 18.4 Å². The lowest BCUT2D eigenvalue weighted by Crippen LogP contribution is -2.43. The highest BCUT2D eigenvalue weighted by Gasteiger charge is 2.20. The Labute approximate surface area is 160 Å². The van der Waals surface area contributed by atoms with Crippen LogP contribution in [0.1, 0.15) is 26.2 Å². The van der Waals surface area contributed by atoms with E-state index >= 15 is 0 Å². The van der Waals surface area contributed by atoms with E-state index in [0.717, 1.165) is 25.1 Å². The number of piperidine rings is 1. The van der Waals surface area contributed by atoms with Crippen LogP contribution in [-0.2, 0) is 14.3 Å². The zero-order chi connectivity index (χ0) is 19.1. The van der Waals surface area contributed by atoms with Gasteiger partial charge in [-0.3, -0.25) is 14.5 Å². The van der Waals surface area contributed by atoms with Gasteiger partial charge in [-0.15, -0.1) is 0 Å². The summed E-state index contributed by atoms with van der Waals surface area (Å²) in [6.07, 6.45) is 3.56. The predicted octanol–water partition coefficient (Wildman–Crippen LogP) is 1.74. The number of nitrogens with one attached hydrogen (secondary N) is 1. The van der Waals surface area contributed by atoms with Crippen molar-refractivity contribution in [2.45, 2.75) is 32.2 Å². The third-order valence-corrected chi connectivity index (χ3v) is 5.15. The molecule has 2 aliphatic heterocycles. The van der Waals surface area contributed by atoms with Gasteiger partial charge >= 0.3 is 0 Å². The highest BCUT2D eigenvalue weighted by Crippen LogP contribution is 2.18. The molecule has 0 aromatic heterocycles. The molecule has 2 saturated heterocycles. The fraction of sp³-hybridized carbons (Fsp3) is 0.600. The second-order valence-electron chi connectivity index (χ2n) is 7.17. The molecule has 0 radical (unpaired) electrons. The van der Waals surface area contributed by atoms with Crippen molar-refractivity contribution < 1.29 is 19.1 Å². The van der Waals surface area contributed by atoms with Gasteiger partial charge in [0.2, 0.25) is 5.91 Å². The molecule has 0 bridgehead atoms. The maximum atomic E-state index is 12.3. The molecule has 1 aromatic carbocycles. The maximum absolute atomic E-state index is 12.3. The summed E-state index contributed by atoms with van der Waals surface area (Å²) in [6, 6.07) is 7.60. The van der Waals surface area contributed by atoms with Gasteiger partial charge in [0.1, 0.15) is 5.75 Å². The van der Waals surface area contributed by atoms with Gasteiger partial charge in [0, 0.05) is 24.8 Å². The standard InChI is InChI=1S/C20H29N3O4/c1-16-4-2-3-9-23(16)14-19(24)21-17-5-7-18(8-6-17)27-15-20(25)22-10-12-26-13-11-22/h5-8,16H,2-4,9-15H2,1H3,(H,21,24). The van der Waals surface area contributed by atoms with Crippen LogP contribution in [0.4, 0.5) is 5.69 Å². The van der Waals surface area contributed by atoms with E-state index in [1.165, 1.54) is 6.42 Å². The predicted molar refractivity (Wildman–Crippen MR) is 103 cm³/mol. The molecule has 7 nitrogen and oxygen atoms in total. The van der Waals surface area contributed by atoms with E-state index in [9.17, 15) is 9.59 Å². The second-order valence-corrected chi connectivity index (χ2v) is 7.17. The van der Waals surface area contributed by atoms with Gasteiger partial charge in [0.15, 0.2) is 6.61 Å².